The third-order valence-corrected chi connectivity index (χ3v) is 2.49. The van der Waals surface area contributed by atoms with Gasteiger partial charge in [-0.1, -0.05) is 12.8 Å². The van der Waals surface area contributed by atoms with Gasteiger partial charge >= 0.3 is 0 Å². The minimum Gasteiger partial charge on any atom is -0.331 e. The van der Waals surface area contributed by atoms with E-state index in [9.17, 15) is 0 Å². The Labute approximate surface area is 74.0 Å². The maximum absolute atomic E-state index is 5.17. The lowest BCUT2D eigenvalue weighted by Crippen LogP contribution is -2.35. The van der Waals surface area contributed by atoms with Crippen molar-refractivity contribution in [3.05, 3.63) is 0 Å². The van der Waals surface area contributed by atoms with Gasteiger partial charge in [0.25, 0.3) is 5.97 Å². The normalized spacial score (nSPS) is 18.2. The quantitative estimate of drug-likeness (QED) is 0.574. The molecule has 1 saturated carbocycles. The van der Waals surface area contributed by atoms with E-state index in [4.69, 9.17) is 14.2 Å². The molecule has 3 heteroatoms. The maximum atomic E-state index is 5.17. The van der Waals surface area contributed by atoms with Gasteiger partial charge in [0.05, 0.1) is 0 Å². The Morgan fingerprint density at radius 3 is 1.92 bits per heavy atom. The van der Waals surface area contributed by atoms with E-state index in [-0.39, 0.29) is 0 Å². The van der Waals surface area contributed by atoms with Gasteiger partial charge in [-0.2, -0.15) is 0 Å². The van der Waals surface area contributed by atoms with E-state index in [0.717, 1.165) is 18.8 Å². The molecule has 0 saturated heterocycles. The van der Waals surface area contributed by atoms with Crippen molar-refractivity contribution < 1.29 is 14.2 Å². The average Bonchev–Trinajstić information content (AvgIpc) is 2.92. The minimum absolute atomic E-state index is 0.803. The molecular formula is C9H18O3. The summed E-state index contributed by atoms with van der Waals surface area (Å²) < 4.78 is 15.5. The first-order chi connectivity index (χ1) is 5.76. The second kappa shape index (κ2) is 4.21. The molecule has 0 unspecified atom stereocenters. The van der Waals surface area contributed by atoms with Crippen LogP contribution in [0.2, 0.25) is 0 Å². The smallest absolute Gasteiger partial charge is 0.282 e. The Balaban J connectivity index is 2.28. The van der Waals surface area contributed by atoms with Crippen LogP contribution in [0.15, 0.2) is 0 Å². The van der Waals surface area contributed by atoms with Gasteiger partial charge in [-0.3, -0.25) is 0 Å². The number of methoxy groups -OCH3 is 3. The van der Waals surface area contributed by atoms with E-state index in [1.807, 2.05) is 0 Å². The Morgan fingerprint density at radius 1 is 1.08 bits per heavy atom. The second-order valence-electron chi connectivity index (χ2n) is 3.28. The first-order valence-electron chi connectivity index (χ1n) is 4.42. The van der Waals surface area contributed by atoms with Gasteiger partial charge < -0.3 is 14.2 Å². The Kier molecular flexibility index (Phi) is 3.50. The maximum Gasteiger partial charge on any atom is 0.282 e. The average molecular weight is 174 g/mol. The monoisotopic (exact) mass is 174 g/mol. The van der Waals surface area contributed by atoms with Crippen molar-refractivity contribution in [1.82, 2.24) is 0 Å². The Bertz CT molecular complexity index is 119. The zero-order valence-electron chi connectivity index (χ0n) is 8.13. The molecule has 0 N–H and O–H groups in total. The van der Waals surface area contributed by atoms with Crippen LogP contribution in [0.1, 0.15) is 25.7 Å². The molecule has 0 aliphatic heterocycles. The molecule has 0 aromatic rings. The molecule has 0 aromatic carbocycles. The van der Waals surface area contributed by atoms with E-state index >= 15 is 0 Å². The Morgan fingerprint density at radius 2 is 1.58 bits per heavy atom. The zero-order valence-corrected chi connectivity index (χ0v) is 8.13. The lowest BCUT2D eigenvalue weighted by atomic mass is 10.2. The molecule has 0 radical (unpaired) electrons. The SMILES string of the molecule is COC(CCC1CC1)(OC)OC. The summed E-state index contributed by atoms with van der Waals surface area (Å²) in [4.78, 5) is 0. The van der Waals surface area contributed by atoms with Gasteiger partial charge in [-0.05, 0) is 12.3 Å². The largest absolute Gasteiger partial charge is 0.331 e. The van der Waals surface area contributed by atoms with Gasteiger partial charge in [-0.15, -0.1) is 0 Å². The molecule has 3 nitrogen and oxygen atoms in total. The van der Waals surface area contributed by atoms with Crippen LogP contribution in [0, 0.1) is 5.92 Å². The van der Waals surface area contributed by atoms with Crippen LogP contribution in [0.25, 0.3) is 0 Å². The van der Waals surface area contributed by atoms with Crippen LogP contribution < -0.4 is 0 Å². The summed E-state index contributed by atoms with van der Waals surface area (Å²) in [6, 6.07) is 0. The van der Waals surface area contributed by atoms with Gasteiger partial charge in [0.1, 0.15) is 0 Å². The lowest BCUT2D eigenvalue weighted by molar-refractivity contribution is -0.355. The third-order valence-electron chi connectivity index (χ3n) is 2.49. The topological polar surface area (TPSA) is 27.7 Å². The lowest BCUT2D eigenvalue weighted by Gasteiger charge is -2.28. The van der Waals surface area contributed by atoms with Crippen molar-refractivity contribution in [2.45, 2.75) is 31.7 Å². The van der Waals surface area contributed by atoms with E-state index in [1.54, 1.807) is 21.3 Å². The fourth-order valence-electron chi connectivity index (χ4n) is 1.34. The second-order valence-corrected chi connectivity index (χ2v) is 3.28. The zero-order chi connectivity index (χ0) is 9.03. The van der Waals surface area contributed by atoms with Crippen molar-refractivity contribution in [2.24, 2.45) is 5.92 Å². The van der Waals surface area contributed by atoms with Gasteiger partial charge in [-0.25, -0.2) is 0 Å². The van der Waals surface area contributed by atoms with Crippen LogP contribution in [0.3, 0.4) is 0 Å². The van der Waals surface area contributed by atoms with Crippen molar-refractivity contribution in [3.63, 3.8) is 0 Å². The summed E-state index contributed by atoms with van der Waals surface area (Å²) in [5.41, 5.74) is 0. The Hall–Kier alpha value is -0.120. The van der Waals surface area contributed by atoms with E-state index in [0.29, 0.717) is 0 Å². The predicted octanol–water partition coefficient (Wildman–Crippen LogP) is 1.77. The molecule has 12 heavy (non-hydrogen) atoms. The van der Waals surface area contributed by atoms with E-state index < -0.39 is 5.97 Å². The van der Waals surface area contributed by atoms with Gasteiger partial charge in [0.2, 0.25) is 0 Å². The molecule has 1 rings (SSSR count). The number of rotatable bonds is 6. The molecule has 1 aliphatic rings. The summed E-state index contributed by atoms with van der Waals surface area (Å²) in [5.74, 6) is 0.0765. The molecule has 0 bridgehead atoms. The highest BCUT2D eigenvalue weighted by Gasteiger charge is 2.32. The van der Waals surface area contributed by atoms with E-state index in [2.05, 4.69) is 0 Å². The first kappa shape index (κ1) is 9.96. The summed E-state index contributed by atoms with van der Waals surface area (Å²) in [6.07, 6.45) is 4.66. The molecule has 1 fully saturated rings. The van der Waals surface area contributed by atoms with Crippen molar-refractivity contribution in [3.8, 4) is 0 Å². The number of hydrogen-bond donors (Lipinski definition) is 0. The highest BCUT2D eigenvalue weighted by atomic mass is 16.9. The highest BCUT2D eigenvalue weighted by Crippen LogP contribution is 2.36. The minimum atomic E-state index is -0.803. The third kappa shape index (κ3) is 2.44. The van der Waals surface area contributed by atoms with Crippen LogP contribution in [0.5, 0.6) is 0 Å². The highest BCUT2D eigenvalue weighted by molar-refractivity contribution is 4.74. The molecule has 0 amide bonds. The molecule has 0 heterocycles. The fraction of sp³-hybridized carbons (Fsp3) is 1.00. The fourth-order valence-corrected chi connectivity index (χ4v) is 1.34. The standard InChI is InChI=1S/C9H18O3/c1-10-9(11-2,12-3)7-6-8-4-5-8/h8H,4-7H2,1-3H3. The molecule has 0 aromatic heterocycles. The van der Waals surface area contributed by atoms with Crippen molar-refractivity contribution in [1.29, 1.82) is 0 Å². The van der Waals surface area contributed by atoms with Crippen molar-refractivity contribution in [2.75, 3.05) is 21.3 Å². The van der Waals surface area contributed by atoms with Gasteiger partial charge in [0.15, 0.2) is 0 Å². The van der Waals surface area contributed by atoms with Gasteiger partial charge in [0, 0.05) is 27.8 Å². The molecular weight excluding hydrogens is 156 g/mol. The van der Waals surface area contributed by atoms with Crippen LogP contribution in [-0.2, 0) is 14.2 Å². The molecule has 0 atom stereocenters. The summed E-state index contributed by atoms with van der Waals surface area (Å²) >= 11 is 0. The van der Waals surface area contributed by atoms with Crippen LogP contribution in [-0.4, -0.2) is 27.3 Å². The first-order valence-corrected chi connectivity index (χ1v) is 4.42. The summed E-state index contributed by atoms with van der Waals surface area (Å²) in [7, 11) is 4.83. The number of ether oxygens (including phenoxy) is 3. The molecule has 72 valence electrons. The summed E-state index contributed by atoms with van der Waals surface area (Å²) in [6.45, 7) is 0. The van der Waals surface area contributed by atoms with Crippen molar-refractivity contribution >= 4 is 0 Å². The predicted molar refractivity (Wildman–Crippen MR) is 45.7 cm³/mol. The summed E-state index contributed by atoms with van der Waals surface area (Å²) in [5, 5.41) is 0. The van der Waals surface area contributed by atoms with Crippen LogP contribution in [0.4, 0.5) is 0 Å². The van der Waals surface area contributed by atoms with Crippen LogP contribution >= 0.6 is 0 Å². The molecule has 1 aliphatic carbocycles. The number of hydrogen-bond acceptors (Lipinski definition) is 3. The van der Waals surface area contributed by atoms with E-state index in [1.165, 1.54) is 12.8 Å². The molecule has 0 spiro atoms.